The number of hydrogen-bond donors (Lipinski definition) is 4. The van der Waals surface area contributed by atoms with Crippen LogP contribution in [0.15, 0.2) is 11.4 Å². The molecular formula is C12H19N5O2S. The number of anilines is 2. The van der Waals surface area contributed by atoms with Gasteiger partial charge in [0.15, 0.2) is 0 Å². The van der Waals surface area contributed by atoms with Crippen LogP contribution >= 0.6 is 11.3 Å². The molecule has 0 radical (unpaired) electrons. The number of nitrogen functional groups attached to an aromatic ring is 1. The van der Waals surface area contributed by atoms with Crippen LogP contribution in [-0.2, 0) is 4.74 Å². The molecule has 0 amide bonds. The molecule has 0 aliphatic carbocycles. The standard InChI is InChI=1S/C12H19N5O2S/c1-12(18,4-5-19-2)7-14-9-8-3-6-20-10(8)16-11(15-9)17-13/h3,6,18H,4-5,7,13H2,1-2H3,(H2,14,15,16,17). The van der Waals surface area contributed by atoms with Crippen molar-refractivity contribution in [2.45, 2.75) is 18.9 Å². The molecule has 0 spiro atoms. The molecule has 2 aromatic heterocycles. The van der Waals surface area contributed by atoms with E-state index in [1.165, 1.54) is 11.3 Å². The van der Waals surface area contributed by atoms with E-state index in [9.17, 15) is 5.11 Å². The summed E-state index contributed by atoms with van der Waals surface area (Å²) < 4.78 is 4.99. The van der Waals surface area contributed by atoms with Crippen LogP contribution in [0.4, 0.5) is 11.8 Å². The molecule has 2 rings (SSSR count). The lowest BCUT2D eigenvalue weighted by molar-refractivity contribution is 0.0357. The van der Waals surface area contributed by atoms with E-state index < -0.39 is 5.60 Å². The third-order valence-corrected chi connectivity index (χ3v) is 3.74. The zero-order chi connectivity index (χ0) is 14.6. The van der Waals surface area contributed by atoms with Gasteiger partial charge < -0.3 is 15.2 Å². The van der Waals surface area contributed by atoms with Crippen molar-refractivity contribution in [3.8, 4) is 0 Å². The number of rotatable bonds is 7. The van der Waals surface area contributed by atoms with Crippen molar-refractivity contribution in [1.82, 2.24) is 9.97 Å². The lowest BCUT2D eigenvalue weighted by atomic mass is 10.0. The predicted molar refractivity (Wildman–Crippen MR) is 80.8 cm³/mol. The summed E-state index contributed by atoms with van der Waals surface area (Å²) in [7, 11) is 1.61. The molecule has 20 heavy (non-hydrogen) atoms. The SMILES string of the molecule is COCCC(C)(O)CNc1nc(NN)nc2sccc12. The topological polar surface area (TPSA) is 105 Å². The molecule has 0 saturated heterocycles. The van der Waals surface area contributed by atoms with Crippen molar-refractivity contribution >= 4 is 33.3 Å². The number of nitrogens with zero attached hydrogens (tertiary/aromatic N) is 2. The Bertz CT molecular complexity index is 572. The van der Waals surface area contributed by atoms with Gasteiger partial charge in [-0.15, -0.1) is 11.3 Å². The Morgan fingerprint density at radius 3 is 3.00 bits per heavy atom. The summed E-state index contributed by atoms with van der Waals surface area (Å²) in [6.07, 6.45) is 0.538. The molecule has 8 heteroatoms. The van der Waals surface area contributed by atoms with Crippen LogP contribution in [0.5, 0.6) is 0 Å². The average Bonchev–Trinajstić information content (AvgIpc) is 2.90. The Morgan fingerprint density at radius 2 is 2.30 bits per heavy atom. The summed E-state index contributed by atoms with van der Waals surface area (Å²) in [6.45, 7) is 2.62. The van der Waals surface area contributed by atoms with Gasteiger partial charge in [-0.3, -0.25) is 5.43 Å². The number of nitrogens with two attached hydrogens (primary N) is 1. The van der Waals surface area contributed by atoms with E-state index in [2.05, 4.69) is 20.7 Å². The molecule has 0 fully saturated rings. The van der Waals surface area contributed by atoms with Gasteiger partial charge in [0.1, 0.15) is 10.6 Å². The highest BCUT2D eigenvalue weighted by atomic mass is 32.1. The van der Waals surface area contributed by atoms with Crippen LogP contribution in [0, 0.1) is 0 Å². The van der Waals surface area contributed by atoms with Crippen LogP contribution in [-0.4, -0.2) is 40.9 Å². The van der Waals surface area contributed by atoms with Gasteiger partial charge in [0.25, 0.3) is 0 Å². The highest BCUT2D eigenvalue weighted by Gasteiger charge is 2.20. The lowest BCUT2D eigenvalue weighted by Gasteiger charge is -2.23. The number of aromatic nitrogens is 2. The maximum absolute atomic E-state index is 10.2. The number of nitrogens with one attached hydrogen (secondary N) is 2. The largest absolute Gasteiger partial charge is 0.388 e. The Morgan fingerprint density at radius 1 is 1.50 bits per heavy atom. The molecule has 1 atom stereocenters. The number of thiophene rings is 1. The number of methoxy groups -OCH3 is 1. The molecule has 0 saturated carbocycles. The van der Waals surface area contributed by atoms with Gasteiger partial charge >= 0.3 is 0 Å². The first kappa shape index (κ1) is 14.9. The van der Waals surface area contributed by atoms with E-state index >= 15 is 0 Å². The summed E-state index contributed by atoms with van der Waals surface area (Å²) in [6, 6.07) is 1.94. The third-order valence-electron chi connectivity index (χ3n) is 2.94. The van der Waals surface area contributed by atoms with E-state index in [4.69, 9.17) is 10.6 Å². The van der Waals surface area contributed by atoms with Crippen molar-refractivity contribution in [3.05, 3.63) is 11.4 Å². The van der Waals surface area contributed by atoms with E-state index in [0.29, 0.717) is 31.3 Å². The molecule has 0 aliphatic heterocycles. The number of aliphatic hydroxyl groups is 1. The first-order valence-corrected chi connectivity index (χ1v) is 7.11. The molecule has 2 heterocycles. The highest BCUT2D eigenvalue weighted by Crippen LogP contribution is 2.26. The number of hydrogen-bond acceptors (Lipinski definition) is 8. The van der Waals surface area contributed by atoms with Crippen LogP contribution < -0.4 is 16.6 Å². The van der Waals surface area contributed by atoms with Crippen LogP contribution in [0.3, 0.4) is 0 Å². The molecule has 1 unspecified atom stereocenters. The van der Waals surface area contributed by atoms with E-state index in [-0.39, 0.29) is 0 Å². The number of fused-ring (bicyclic) bond motifs is 1. The fraction of sp³-hybridized carbons (Fsp3) is 0.500. The fourth-order valence-corrected chi connectivity index (χ4v) is 2.50. The quantitative estimate of drug-likeness (QED) is 0.449. The van der Waals surface area contributed by atoms with Crippen LogP contribution in [0.2, 0.25) is 0 Å². The molecule has 2 aromatic rings. The molecule has 0 aromatic carbocycles. The summed E-state index contributed by atoms with van der Waals surface area (Å²) in [5.74, 6) is 6.36. The van der Waals surface area contributed by atoms with Gasteiger partial charge in [0.2, 0.25) is 5.95 Å². The second kappa shape index (κ2) is 6.31. The number of ether oxygens (including phenoxy) is 1. The monoisotopic (exact) mass is 297 g/mol. The molecule has 7 nitrogen and oxygen atoms in total. The number of hydrazine groups is 1. The average molecular weight is 297 g/mol. The third kappa shape index (κ3) is 3.54. The van der Waals surface area contributed by atoms with Crippen molar-refractivity contribution in [1.29, 1.82) is 0 Å². The van der Waals surface area contributed by atoms with E-state index in [1.807, 2.05) is 11.4 Å². The summed E-state index contributed by atoms with van der Waals surface area (Å²) in [5, 5.41) is 16.2. The maximum Gasteiger partial charge on any atom is 0.240 e. The molecule has 0 bridgehead atoms. The van der Waals surface area contributed by atoms with Crippen LogP contribution in [0.1, 0.15) is 13.3 Å². The van der Waals surface area contributed by atoms with Crippen molar-refractivity contribution in [3.63, 3.8) is 0 Å². The van der Waals surface area contributed by atoms with E-state index in [0.717, 1.165) is 10.2 Å². The molecule has 110 valence electrons. The lowest BCUT2D eigenvalue weighted by Crippen LogP contribution is -2.35. The summed E-state index contributed by atoms with van der Waals surface area (Å²) in [5.41, 5.74) is 1.57. The fourth-order valence-electron chi connectivity index (χ4n) is 1.74. The van der Waals surface area contributed by atoms with Crippen molar-refractivity contribution < 1.29 is 9.84 Å². The Kier molecular flexibility index (Phi) is 4.71. The Balaban J connectivity index is 2.14. The second-order valence-electron chi connectivity index (χ2n) is 4.77. The smallest absolute Gasteiger partial charge is 0.240 e. The first-order valence-electron chi connectivity index (χ1n) is 6.23. The zero-order valence-electron chi connectivity index (χ0n) is 11.5. The Hall–Kier alpha value is -1.48. The van der Waals surface area contributed by atoms with Gasteiger partial charge in [-0.05, 0) is 18.4 Å². The summed E-state index contributed by atoms with van der Waals surface area (Å²) >= 11 is 1.51. The van der Waals surface area contributed by atoms with Gasteiger partial charge in [0.05, 0.1) is 11.0 Å². The van der Waals surface area contributed by atoms with Crippen molar-refractivity contribution in [2.24, 2.45) is 5.84 Å². The van der Waals surface area contributed by atoms with E-state index in [1.54, 1.807) is 14.0 Å². The molecule has 0 aliphatic rings. The zero-order valence-corrected chi connectivity index (χ0v) is 12.3. The summed E-state index contributed by atoms with van der Waals surface area (Å²) in [4.78, 5) is 9.38. The maximum atomic E-state index is 10.2. The van der Waals surface area contributed by atoms with Gasteiger partial charge in [-0.25, -0.2) is 10.8 Å². The van der Waals surface area contributed by atoms with Gasteiger partial charge in [-0.2, -0.15) is 4.98 Å². The molecule has 5 N–H and O–H groups in total. The van der Waals surface area contributed by atoms with Crippen molar-refractivity contribution in [2.75, 3.05) is 31.0 Å². The minimum atomic E-state index is -0.875. The second-order valence-corrected chi connectivity index (χ2v) is 5.67. The highest BCUT2D eigenvalue weighted by molar-refractivity contribution is 7.16. The van der Waals surface area contributed by atoms with Gasteiger partial charge in [0, 0.05) is 26.7 Å². The van der Waals surface area contributed by atoms with Crippen LogP contribution in [0.25, 0.3) is 10.2 Å². The first-order chi connectivity index (χ1) is 9.55. The minimum absolute atomic E-state index is 0.346. The molecular weight excluding hydrogens is 278 g/mol. The Labute approximate surface area is 121 Å². The predicted octanol–water partition coefficient (Wildman–Crippen LogP) is 1.18. The normalized spacial score (nSPS) is 14.2. The minimum Gasteiger partial charge on any atom is -0.388 e. The van der Waals surface area contributed by atoms with Gasteiger partial charge in [-0.1, -0.05) is 0 Å².